The van der Waals surface area contributed by atoms with E-state index in [1.54, 1.807) is 0 Å². The molecule has 0 heterocycles. The first-order valence-corrected chi connectivity index (χ1v) is 8.23. The van der Waals surface area contributed by atoms with Crippen molar-refractivity contribution in [2.75, 3.05) is 6.54 Å². The smallest absolute Gasteiger partial charge is 0.00728 e. The summed E-state index contributed by atoms with van der Waals surface area (Å²) >= 11 is 0. The number of nitrogens with one attached hydrogen (secondary N) is 1. The van der Waals surface area contributed by atoms with Crippen LogP contribution in [0.25, 0.3) is 0 Å². The lowest BCUT2D eigenvalue weighted by molar-refractivity contribution is 0.325. The molecule has 0 radical (unpaired) electrons. The summed E-state index contributed by atoms with van der Waals surface area (Å²) in [6, 6.07) is 0.723. The van der Waals surface area contributed by atoms with Crippen molar-refractivity contribution in [3.8, 4) is 0 Å². The normalized spacial score (nSPS) is 31.1. The van der Waals surface area contributed by atoms with Gasteiger partial charge in [0.2, 0.25) is 0 Å². The largest absolute Gasteiger partial charge is 0.314 e. The van der Waals surface area contributed by atoms with Crippen LogP contribution in [0.2, 0.25) is 0 Å². The molecular weight excluding hydrogens is 218 g/mol. The Kier molecular flexibility index (Phi) is 5.75. The molecule has 1 N–H and O–H groups in total. The van der Waals surface area contributed by atoms with Crippen molar-refractivity contribution in [1.29, 1.82) is 0 Å². The van der Waals surface area contributed by atoms with Crippen LogP contribution >= 0.6 is 0 Å². The summed E-state index contributed by atoms with van der Waals surface area (Å²) in [4.78, 5) is 0. The average molecular weight is 249 g/mol. The zero-order valence-electron chi connectivity index (χ0n) is 12.3. The molecule has 18 heavy (non-hydrogen) atoms. The molecule has 0 aliphatic heterocycles. The van der Waals surface area contributed by atoms with Crippen molar-refractivity contribution in [2.24, 2.45) is 17.8 Å². The second-order valence-electron chi connectivity index (χ2n) is 6.45. The van der Waals surface area contributed by atoms with E-state index in [1.807, 2.05) is 0 Å². The molecule has 0 saturated heterocycles. The molecule has 1 heteroatoms. The first-order chi connectivity index (χ1) is 8.81. The third-order valence-electron chi connectivity index (χ3n) is 4.97. The van der Waals surface area contributed by atoms with Crippen LogP contribution in [0.5, 0.6) is 0 Å². The third kappa shape index (κ3) is 3.85. The van der Waals surface area contributed by atoms with Crippen LogP contribution in [0.3, 0.4) is 0 Å². The molecule has 4 atom stereocenters. The van der Waals surface area contributed by atoms with E-state index >= 15 is 0 Å². The highest BCUT2D eigenvalue weighted by Gasteiger charge is 2.38. The zero-order chi connectivity index (χ0) is 12.8. The number of rotatable bonds is 9. The molecule has 2 rings (SSSR count). The van der Waals surface area contributed by atoms with Gasteiger partial charge in [0.25, 0.3) is 0 Å². The topological polar surface area (TPSA) is 12.0 Å². The molecule has 2 aliphatic carbocycles. The summed E-state index contributed by atoms with van der Waals surface area (Å²) in [6.07, 6.45) is 16.2. The van der Waals surface area contributed by atoms with Crippen molar-refractivity contribution in [3.63, 3.8) is 0 Å². The van der Waals surface area contributed by atoms with Gasteiger partial charge in [-0.05, 0) is 50.5 Å². The molecule has 0 amide bonds. The van der Waals surface area contributed by atoms with Crippen LogP contribution in [-0.2, 0) is 0 Å². The SMILES string of the molecule is CCCCCCCCNC(C)C1CC2C=CC1C2. The predicted octanol–water partition coefficient (Wildman–Crippen LogP) is 4.54. The van der Waals surface area contributed by atoms with Crippen LogP contribution in [0.15, 0.2) is 12.2 Å². The molecule has 2 aliphatic rings. The number of unbranched alkanes of at least 4 members (excludes halogenated alkanes) is 5. The summed E-state index contributed by atoms with van der Waals surface area (Å²) in [5.41, 5.74) is 0. The first kappa shape index (κ1) is 14.1. The fraction of sp³-hybridized carbons (Fsp3) is 0.882. The van der Waals surface area contributed by atoms with Gasteiger partial charge in [-0.3, -0.25) is 0 Å². The van der Waals surface area contributed by atoms with Crippen LogP contribution in [-0.4, -0.2) is 12.6 Å². The maximum Gasteiger partial charge on any atom is 0.00728 e. The third-order valence-corrected chi connectivity index (χ3v) is 4.97. The van der Waals surface area contributed by atoms with Gasteiger partial charge in [0.15, 0.2) is 0 Å². The quantitative estimate of drug-likeness (QED) is 0.467. The minimum atomic E-state index is 0.723. The molecule has 2 bridgehead atoms. The number of hydrogen-bond acceptors (Lipinski definition) is 1. The van der Waals surface area contributed by atoms with Gasteiger partial charge >= 0.3 is 0 Å². The van der Waals surface area contributed by atoms with Crippen molar-refractivity contribution in [2.45, 2.75) is 71.3 Å². The standard InChI is InChI=1S/C17H31N/c1-3-4-5-6-7-8-11-18-14(2)17-13-15-9-10-16(17)12-15/h9-10,14-18H,3-8,11-13H2,1-2H3. The second-order valence-corrected chi connectivity index (χ2v) is 6.45. The lowest BCUT2D eigenvalue weighted by Gasteiger charge is -2.26. The van der Waals surface area contributed by atoms with Crippen LogP contribution < -0.4 is 5.32 Å². The molecule has 104 valence electrons. The Morgan fingerprint density at radius 2 is 1.83 bits per heavy atom. The van der Waals surface area contributed by atoms with E-state index in [1.165, 1.54) is 57.9 Å². The van der Waals surface area contributed by atoms with Crippen LogP contribution in [0.4, 0.5) is 0 Å². The molecule has 1 fully saturated rings. The fourth-order valence-corrected chi connectivity index (χ4v) is 3.78. The van der Waals surface area contributed by atoms with Crippen LogP contribution in [0.1, 0.15) is 65.2 Å². The number of hydrogen-bond donors (Lipinski definition) is 1. The maximum atomic E-state index is 3.77. The fourth-order valence-electron chi connectivity index (χ4n) is 3.78. The van der Waals surface area contributed by atoms with Gasteiger partial charge in [-0.1, -0.05) is 51.2 Å². The average Bonchev–Trinajstić information content (AvgIpc) is 2.99. The Balaban J connectivity index is 1.50. The highest BCUT2D eigenvalue weighted by Crippen LogP contribution is 2.44. The Labute approximate surface area is 113 Å². The minimum absolute atomic E-state index is 0.723. The van der Waals surface area contributed by atoms with Gasteiger partial charge in [0, 0.05) is 6.04 Å². The van der Waals surface area contributed by atoms with Gasteiger partial charge in [0.05, 0.1) is 0 Å². The van der Waals surface area contributed by atoms with Gasteiger partial charge in [-0.25, -0.2) is 0 Å². The zero-order valence-corrected chi connectivity index (χ0v) is 12.3. The predicted molar refractivity (Wildman–Crippen MR) is 79.7 cm³/mol. The number of allylic oxidation sites excluding steroid dienone is 2. The summed E-state index contributed by atoms with van der Waals surface area (Å²) in [5, 5.41) is 3.77. The molecule has 4 unspecified atom stereocenters. The molecule has 0 aromatic carbocycles. The van der Waals surface area contributed by atoms with E-state index < -0.39 is 0 Å². The van der Waals surface area contributed by atoms with Crippen molar-refractivity contribution < 1.29 is 0 Å². The van der Waals surface area contributed by atoms with E-state index in [-0.39, 0.29) is 0 Å². The van der Waals surface area contributed by atoms with Crippen LogP contribution in [0, 0.1) is 17.8 Å². The van der Waals surface area contributed by atoms with Gasteiger partial charge in [-0.2, -0.15) is 0 Å². The van der Waals surface area contributed by atoms with E-state index in [4.69, 9.17) is 0 Å². The minimum Gasteiger partial charge on any atom is -0.314 e. The highest BCUT2D eigenvalue weighted by molar-refractivity contribution is 5.11. The molecule has 0 aromatic heterocycles. The number of fused-ring (bicyclic) bond motifs is 2. The summed E-state index contributed by atoms with van der Waals surface area (Å²) < 4.78 is 0. The maximum absolute atomic E-state index is 3.77. The summed E-state index contributed by atoms with van der Waals surface area (Å²) in [6.45, 7) is 5.91. The second kappa shape index (κ2) is 7.33. The van der Waals surface area contributed by atoms with Gasteiger partial charge < -0.3 is 5.32 Å². The van der Waals surface area contributed by atoms with E-state index in [2.05, 4.69) is 31.3 Å². The Morgan fingerprint density at radius 1 is 1.06 bits per heavy atom. The summed E-state index contributed by atoms with van der Waals surface area (Å²) in [5.74, 6) is 2.72. The Bertz CT molecular complexity index is 258. The molecule has 0 aromatic rings. The molecular formula is C17H31N. The molecule has 1 saturated carbocycles. The van der Waals surface area contributed by atoms with E-state index in [0.717, 1.165) is 23.8 Å². The monoisotopic (exact) mass is 249 g/mol. The Hall–Kier alpha value is -0.300. The summed E-state index contributed by atoms with van der Waals surface area (Å²) in [7, 11) is 0. The van der Waals surface area contributed by atoms with Gasteiger partial charge in [-0.15, -0.1) is 0 Å². The highest BCUT2D eigenvalue weighted by atomic mass is 14.9. The Morgan fingerprint density at radius 3 is 2.50 bits per heavy atom. The van der Waals surface area contributed by atoms with E-state index in [9.17, 15) is 0 Å². The molecule has 1 nitrogen and oxygen atoms in total. The lowest BCUT2D eigenvalue weighted by Crippen LogP contribution is -2.36. The van der Waals surface area contributed by atoms with Crippen molar-refractivity contribution in [3.05, 3.63) is 12.2 Å². The lowest BCUT2D eigenvalue weighted by atomic mass is 9.87. The molecule has 0 spiro atoms. The van der Waals surface area contributed by atoms with Crippen molar-refractivity contribution >= 4 is 0 Å². The van der Waals surface area contributed by atoms with E-state index in [0.29, 0.717) is 0 Å². The first-order valence-electron chi connectivity index (χ1n) is 8.23. The van der Waals surface area contributed by atoms with Crippen molar-refractivity contribution in [1.82, 2.24) is 5.32 Å². The van der Waals surface area contributed by atoms with Gasteiger partial charge in [0.1, 0.15) is 0 Å².